The zero-order valence-corrected chi connectivity index (χ0v) is 13.1. The summed E-state index contributed by atoms with van der Waals surface area (Å²) in [5.41, 5.74) is 2.51. The monoisotopic (exact) mass is 310 g/mol. The fourth-order valence-electron chi connectivity index (χ4n) is 2.64. The van der Waals surface area contributed by atoms with Gasteiger partial charge in [-0.05, 0) is 44.5 Å². The molecule has 2 heterocycles. The van der Waals surface area contributed by atoms with Gasteiger partial charge in [0.25, 0.3) is 5.56 Å². The lowest BCUT2D eigenvalue weighted by Gasteiger charge is -2.11. The average Bonchev–Trinajstić information content (AvgIpc) is 2.50. The summed E-state index contributed by atoms with van der Waals surface area (Å²) in [6.45, 7) is 4.90. The van der Waals surface area contributed by atoms with Crippen LogP contribution in [0.1, 0.15) is 28.4 Å². The number of fused-ring (bicyclic) bond motifs is 1. The van der Waals surface area contributed by atoms with Crippen molar-refractivity contribution in [1.29, 1.82) is 0 Å². The van der Waals surface area contributed by atoms with Crippen LogP contribution in [0.3, 0.4) is 0 Å². The Morgan fingerprint density at radius 3 is 2.61 bits per heavy atom. The summed E-state index contributed by atoms with van der Waals surface area (Å²) in [4.78, 5) is 29.0. The Kier molecular flexibility index (Phi) is 3.56. The Morgan fingerprint density at radius 1 is 1.22 bits per heavy atom. The van der Waals surface area contributed by atoms with Gasteiger partial charge in [-0.3, -0.25) is 14.0 Å². The molecular formula is C18H15FN2O2. The Labute approximate surface area is 132 Å². The van der Waals surface area contributed by atoms with E-state index in [0.29, 0.717) is 22.4 Å². The van der Waals surface area contributed by atoms with Crippen LogP contribution < -0.4 is 5.56 Å². The van der Waals surface area contributed by atoms with Gasteiger partial charge < -0.3 is 0 Å². The smallest absolute Gasteiger partial charge is 0.261 e. The molecule has 3 aromatic rings. The summed E-state index contributed by atoms with van der Waals surface area (Å²) in [6, 6.07) is 7.61. The molecule has 0 unspecified atom stereocenters. The van der Waals surface area contributed by atoms with E-state index in [-0.39, 0.29) is 17.0 Å². The van der Waals surface area contributed by atoms with Crippen molar-refractivity contribution in [1.82, 2.24) is 9.38 Å². The molecule has 0 bridgehead atoms. The van der Waals surface area contributed by atoms with Crippen molar-refractivity contribution in [3.05, 3.63) is 69.4 Å². The van der Waals surface area contributed by atoms with Gasteiger partial charge in [-0.25, -0.2) is 9.37 Å². The van der Waals surface area contributed by atoms with Gasteiger partial charge in [0.2, 0.25) is 0 Å². The quantitative estimate of drug-likeness (QED) is 0.682. The molecule has 0 aliphatic carbocycles. The SMILES string of the molecule is CC(=O)c1cc(C)cn2c(=O)c(C)c(-c3cccc(F)c3)nc12. The standard InChI is InChI=1S/C18H15FN2O2/c1-10-7-15(12(3)22)17-20-16(11(2)18(23)21(17)9-10)13-5-4-6-14(19)8-13/h4-9H,1-3H3. The highest BCUT2D eigenvalue weighted by molar-refractivity contribution is 6.00. The number of rotatable bonds is 2. The van der Waals surface area contributed by atoms with Gasteiger partial charge >= 0.3 is 0 Å². The number of aryl methyl sites for hydroxylation is 1. The maximum absolute atomic E-state index is 13.5. The predicted octanol–water partition coefficient (Wildman–Crippen LogP) is 3.32. The second-order valence-electron chi connectivity index (χ2n) is 5.58. The van der Waals surface area contributed by atoms with E-state index in [1.165, 1.54) is 23.5 Å². The molecule has 5 heteroatoms. The number of ketones is 1. The molecule has 0 amide bonds. The molecule has 1 aromatic carbocycles. The molecule has 0 aliphatic heterocycles. The average molecular weight is 310 g/mol. The molecule has 0 fully saturated rings. The minimum absolute atomic E-state index is 0.174. The highest BCUT2D eigenvalue weighted by atomic mass is 19.1. The second kappa shape index (κ2) is 5.43. The molecule has 0 spiro atoms. The maximum atomic E-state index is 13.5. The molecule has 0 N–H and O–H groups in total. The van der Waals surface area contributed by atoms with Crippen LogP contribution in [-0.4, -0.2) is 15.2 Å². The third-order valence-corrected chi connectivity index (χ3v) is 3.76. The fourth-order valence-corrected chi connectivity index (χ4v) is 2.64. The lowest BCUT2D eigenvalue weighted by Crippen LogP contribution is -2.21. The van der Waals surface area contributed by atoms with Gasteiger partial charge in [-0.2, -0.15) is 0 Å². The molecule has 0 atom stereocenters. The number of pyridine rings is 1. The fraction of sp³-hybridized carbons (Fsp3) is 0.167. The first-order chi connectivity index (χ1) is 10.9. The summed E-state index contributed by atoms with van der Waals surface area (Å²) < 4.78 is 14.9. The topological polar surface area (TPSA) is 51.4 Å². The van der Waals surface area contributed by atoms with Crippen molar-refractivity contribution in [3.8, 4) is 11.3 Å². The molecule has 23 heavy (non-hydrogen) atoms. The third-order valence-electron chi connectivity index (χ3n) is 3.76. The number of nitrogens with zero attached hydrogens (tertiary/aromatic N) is 2. The third kappa shape index (κ3) is 2.54. The van der Waals surface area contributed by atoms with Crippen LogP contribution in [0.4, 0.5) is 4.39 Å². The van der Waals surface area contributed by atoms with Crippen molar-refractivity contribution in [3.63, 3.8) is 0 Å². The van der Waals surface area contributed by atoms with E-state index in [1.54, 1.807) is 31.3 Å². The van der Waals surface area contributed by atoms with Crippen molar-refractivity contribution in [2.24, 2.45) is 0 Å². The number of hydrogen-bond donors (Lipinski definition) is 0. The van der Waals surface area contributed by atoms with Gasteiger partial charge in [0.1, 0.15) is 5.82 Å². The van der Waals surface area contributed by atoms with Crippen molar-refractivity contribution in [2.75, 3.05) is 0 Å². The lowest BCUT2D eigenvalue weighted by atomic mass is 10.1. The van der Waals surface area contributed by atoms with E-state index >= 15 is 0 Å². The van der Waals surface area contributed by atoms with Crippen molar-refractivity contribution < 1.29 is 9.18 Å². The molecule has 116 valence electrons. The van der Waals surface area contributed by atoms with Gasteiger partial charge in [0.15, 0.2) is 11.4 Å². The van der Waals surface area contributed by atoms with E-state index in [1.807, 2.05) is 6.92 Å². The van der Waals surface area contributed by atoms with Gasteiger partial charge in [-0.15, -0.1) is 0 Å². The summed E-state index contributed by atoms with van der Waals surface area (Å²) in [5, 5.41) is 0. The molecule has 4 nitrogen and oxygen atoms in total. The van der Waals surface area contributed by atoms with Gasteiger partial charge in [0.05, 0.1) is 11.3 Å². The predicted molar refractivity (Wildman–Crippen MR) is 86.3 cm³/mol. The first-order valence-corrected chi connectivity index (χ1v) is 7.19. The number of hydrogen-bond acceptors (Lipinski definition) is 3. The molecular weight excluding hydrogens is 295 g/mol. The minimum Gasteiger partial charge on any atom is -0.294 e. The highest BCUT2D eigenvalue weighted by Crippen LogP contribution is 2.22. The lowest BCUT2D eigenvalue weighted by molar-refractivity contribution is 0.101. The van der Waals surface area contributed by atoms with Gasteiger partial charge in [-0.1, -0.05) is 12.1 Å². The zero-order valence-electron chi connectivity index (χ0n) is 13.1. The summed E-state index contributed by atoms with van der Waals surface area (Å²) >= 11 is 0. The molecule has 3 rings (SSSR count). The molecule has 0 saturated carbocycles. The first kappa shape index (κ1) is 15.1. The Hall–Kier alpha value is -2.82. The van der Waals surface area contributed by atoms with Crippen LogP contribution in [0.5, 0.6) is 0 Å². The minimum atomic E-state index is -0.403. The van der Waals surface area contributed by atoms with Crippen LogP contribution in [-0.2, 0) is 0 Å². The summed E-state index contributed by atoms with van der Waals surface area (Å²) in [5.74, 6) is -0.577. The van der Waals surface area contributed by atoms with Crippen LogP contribution in [0.25, 0.3) is 16.9 Å². The van der Waals surface area contributed by atoms with Crippen LogP contribution >= 0.6 is 0 Å². The number of carbonyl (C=O) groups is 1. The largest absolute Gasteiger partial charge is 0.294 e. The second-order valence-corrected chi connectivity index (χ2v) is 5.58. The summed E-state index contributed by atoms with van der Waals surface area (Å²) in [7, 11) is 0. The van der Waals surface area contributed by atoms with E-state index < -0.39 is 5.82 Å². The number of carbonyl (C=O) groups excluding carboxylic acids is 1. The van der Waals surface area contributed by atoms with Crippen molar-refractivity contribution in [2.45, 2.75) is 20.8 Å². The van der Waals surface area contributed by atoms with Crippen LogP contribution in [0.2, 0.25) is 0 Å². The van der Waals surface area contributed by atoms with Gasteiger partial charge in [0, 0.05) is 17.3 Å². The van der Waals surface area contributed by atoms with E-state index in [9.17, 15) is 14.0 Å². The number of Topliss-reactive ketones (excluding diaryl/α,β-unsaturated/α-hetero) is 1. The number of aromatic nitrogens is 2. The molecule has 2 aromatic heterocycles. The van der Waals surface area contributed by atoms with E-state index in [2.05, 4.69) is 4.98 Å². The molecule has 0 saturated heterocycles. The highest BCUT2D eigenvalue weighted by Gasteiger charge is 2.16. The van der Waals surface area contributed by atoms with E-state index in [0.717, 1.165) is 5.56 Å². The molecule has 0 radical (unpaired) electrons. The Bertz CT molecular complexity index is 1010. The maximum Gasteiger partial charge on any atom is 0.261 e. The normalized spacial score (nSPS) is 11.0. The summed E-state index contributed by atoms with van der Waals surface area (Å²) in [6.07, 6.45) is 1.65. The Morgan fingerprint density at radius 2 is 1.96 bits per heavy atom. The molecule has 0 aliphatic rings. The first-order valence-electron chi connectivity index (χ1n) is 7.19. The number of halogens is 1. The van der Waals surface area contributed by atoms with Crippen LogP contribution in [0.15, 0.2) is 41.3 Å². The van der Waals surface area contributed by atoms with Crippen LogP contribution in [0, 0.1) is 19.7 Å². The Balaban J connectivity index is 2.44. The van der Waals surface area contributed by atoms with E-state index in [4.69, 9.17) is 0 Å². The number of benzene rings is 1. The van der Waals surface area contributed by atoms with Crippen molar-refractivity contribution >= 4 is 11.4 Å². The zero-order chi connectivity index (χ0) is 16.7.